The van der Waals surface area contributed by atoms with Gasteiger partial charge in [0.25, 0.3) is 0 Å². The molecule has 22 heteroatoms. The van der Waals surface area contributed by atoms with E-state index in [1.54, 1.807) is 39.3 Å². The largest absolute Gasteiger partial charge is 2.00 e. The fourth-order valence-corrected chi connectivity index (χ4v) is 7.08. The molecule has 0 aliphatic rings. The SMILES string of the molecule is COc1cc(C)c(Br)cc1Br.COc1cc(C)c(C(O)c2cccc(Cl)c2F)cc1Br.COc1cc(C)c(C(O)c2cccc(Cl)c2F)cc1C(=O)O.C[CH-]C.C[CH-]C.[Cl-].[Cl-].[Cl-].[Cl-].[Li+].[Li+].[Mg+2].[Mg+2]. The number of benzene rings is 5. The van der Waals surface area contributed by atoms with Crippen molar-refractivity contribution >= 4 is 123 Å². The zero-order chi connectivity index (χ0) is 45.1. The number of ether oxygens (including phenoxy) is 3. The number of carboxylic acids is 1. The van der Waals surface area contributed by atoms with E-state index in [1.165, 1.54) is 55.1 Å². The third-order valence-electron chi connectivity index (χ3n) is 7.93. The molecule has 0 fully saturated rings. The minimum atomic E-state index is -1.33. The van der Waals surface area contributed by atoms with Crippen molar-refractivity contribution in [2.75, 3.05) is 21.3 Å². The molecule has 0 aliphatic carbocycles. The molecule has 0 aromatic heterocycles. The molecular weight excluding hydrogens is 1210 g/mol. The Kier molecular flexibility index (Phi) is 55.7. The first-order chi connectivity index (χ1) is 27.8. The average molecular weight is 1250 g/mol. The quantitative estimate of drug-likeness (QED) is 0.107. The summed E-state index contributed by atoms with van der Waals surface area (Å²) < 4.78 is 46.1. The van der Waals surface area contributed by atoms with Crippen LogP contribution in [-0.4, -0.2) is 88.7 Å². The fraction of sp³-hybridized carbons (Fsp3) is 0.267. The van der Waals surface area contributed by atoms with Crippen molar-refractivity contribution in [1.82, 2.24) is 0 Å². The Bertz CT molecular complexity index is 2180. The molecule has 7 nitrogen and oxygen atoms in total. The van der Waals surface area contributed by atoms with Gasteiger partial charge in [0, 0.05) is 15.6 Å². The standard InChI is InChI=1S/C16H14ClFO4.C15H13BrClFO2.C8H8Br2O.2C3H7.4ClH.2Li.2Mg/c1-8-6-13(22-2)11(16(20)21)7-10(8)15(19)9-4-3-5-12(17)14(9)18;1-8-6-13(20-2)11(16)7-10(8)15(19)9-4-3-5-12(17)14(9)18;1-5-3-8(11-2)7(10)4-6(5)9;2*1-3-2;;;;;;;;/h3-7,15,19H,1-2H3,(H,20,21);3-7,15,19H,1-2H3;3-4H,1-2H3;2*3H,1-2H3;4*1H;;;;/q;;;2*-1;;;;;2*+1;2*+2/p-4. The van der Waals surface area contributed by atoms with Crippen LogP contribution in [0, 0.1) is 45.2 Å². The summed E-state index contributed by atoms with van der Waals surface area (Å²) in [4.78, 5) is 11.3. The summed E-state index contributed by atoms with van der Waals surface area (Å²) in [5.41, 5.74) is 3.45. The van der Waals surface area contributed by atoms with Gasteiger partial charge in [0.2, 0.25) is 0 Å². The van der Waals surface area contributed by atoms with E-state index in [0.717, 1.165) is 20.3 Å². The van der Waals surface area contributed by atoms with Crippen molar-refractivity contribution in [3.05, 3.63) is 165 Å². The molecule has 0 heterocycles. The van der Waals surface area contributed by atoms with Gasteiger partial charge in [-0.05, 0) is 129 Å². The molecule has 5 aromatic rings. The van der Waals surface area contributed by atoms with Crippen LogP contribution in [0.5, 0.6) is 17.2 Å². The Balaban J connectivity index is -0.000000120. The number of methoxy groups -OCH3 is 3. The van der Waals surface area contributed by atoms with Crippen LogP contribution in [-0.2, 0) is 0 Å². The second-order valence-electron chi connectivity index (χ2n) is 12.5. The summed E-state index contributed by atoms with van der Waals surface area (Å²) in [6, 6.07) is 19.1. The number of hydrogen-bond donors (Lipinski definition) is 3. The van der Waals surface area contributed by atoms with Gasteiger partial charge in [-0.1, -0.05) is 63.4 Å². The second-order valence-corrected chi connectivity index (χ2v) is 15.9. The first kappa shape index (κ1) is 84.5. The van der Waals surface area contributed by atoms with Crippen LogP contribution in [0.3, 0.4) is 0 Å². The number of carboxylic acid groups (broad SMARTS) is 1. The van der Waals surface area contributed by atoms with Gasteiger partial charge in [-0.2, -0.15) is 27.7 Å². The average Bonchev–Trinajstić information content (AvgIpc) is 3.19. The van der Waals surface area contributed by atoms with Gasteiger partial charge < -0.3 is 92.0 Å². The molecule has 354 valence electrons. The molecule has 0 amide bonds. The topological polar surface area (TPSA) is 105 Å². The van der Waals surface area contributed by atoms with Crippen molar-refractivity contribution in [2.24, 2.45) is 0 Å². The van der Waals surface area contributed by atoms with Gasteiger partial charge in [-0.15, -0.1) is 0 Å². The smallest absolute Gasteiger partial charge is 1.00 e. The summed E-state index contributed by atoms with van der Waals surface area (Å²) in [7, 11) is 4.58. The summed E-state index contributed by atoms with van der Waals surface area (Å²) in [6.07, 6.45) is 1.58. The molecule has 3 N–H and O–H groups in total. The number of aliphatic hydroxyl groups is 2. The van der Waals surface area contributed by atoms with E-state index in [-0.39, 0.29) is 172 Å². The zero-order valence-corrected chi connectivity index (χ0v) is 51.4. The number of carbonyl (C=O) groups is 1. The Morgan fingerprint density at radius 3 is 1.22 bits per heavy atom. The maximum absolute atomic E-state index is 14.0. The van der Waals surface area contributed by atoms with Crippen molar-refractivity contribution in [3.63, 3.8) is 0 Å². The summed E-state index contributed by atoms with van der Waals surface area (Å²) >= 11 is 21.6. The zero-order valence-electron chi connectivity index (χ0n) is 39.3. The molecule has 0 bridgehead atoms. The van der Waals surface area contributed by atoms with Gasteiger partial charge in [-0.3, -0.25) is 0 Å². The molecule has 67 heavy (non-hydrogen) atoms. The van der Waals surface area contributed by atoms with E-state index < -0.39 is 29.8 Å². The van der Waals surface area contributed by atoms with Gasteiger partial charge in [-0.25, -0.2) is 13.6 Å². The predicted molar refractivity (Wildman–Crippen MR) is 257 cm³/mol. The molecule has 5 aromatic carbocycles. The van der Waals surface area contributed by atoms with Crippen LogP contribution >= 0.6 is 71.0 Å². The normalized spacial score (nSPS) is 9.78. The Morgan fingerprint density at radius 1 is 0.567 bits per heavy atom. The monoisotopic (exact) mass is 1250 g/mol. The Hall–Kier alpha value is 0.657. The van der Waals surface area contributed by atoms with Crippen LogP contribution in [0.2, 0.25) is 10.0 Å². The molecule has 2 atom stereocenters. The first-order valence-corrected chi connectivity index (χ1v) is 20.9. The van der Waals surface area contributed by atoms with Gasteiger partial charge >= 0.3 is 89.8 Å². The van der Waals surface area contributed by atoms with Crippen LogP contribution in [0.25, 0.3) is 0 Å². The molecule has 5 rings (SSSR count). The van der Waals surface area contributed by atoms with Crippen molar-refractivity contribution < 1.29 is 130 Å². The molecular formula is C45H49Br3Cl6F2Li2Mg2O7. The van der Waals surface area contributed by atoms with E-state index in [0.29, 0.717) is 21.3 Å². The third kappa shape index (κ3) is 26.4. The van der Waals surface area contributed by atoms with E-state index >= 15 is 0 Å². The Labute approximate surface area is 511 Å². The van der Waals surface area contributed by atoms with Gasteiger partial charge in [0.15, 0.2) is 0 Å². The van der Waals surface area contributed by atoms with Crippen LogP contribution < -0.4 is 102 Å². The van der Waals surface area contributed by atoms with Gasteiger partial charge in [0.05, 0.1) is 40.3 Å². The second kappa shape index (κ2) is 44.2. The van der Waals surface area contributed by atoms with E-state index in [2.05, 4.69) is 47.8 Å². The molecule has 0 saturated heterocycles. The third-order valence-corrected chi connectivity index (χ3v) is 10.6. The number of hydrogen-bond acceptors (Lipinski definition) is 6. The maximum Gasteiger partial charge on any atom is 2.00 e. The molecule has 0 saturated carbocycles. The van der Waals surface area contributed by atoms with Crippen molar-refractivity contribution in [2.45, 2.75) is 60.7 Å². The number of halogens is 11. The minimum Gasteiger partial charge on any atom is -1.00 e. The van der Waals surface area contributed by atoms with Crippen LogP contribution in [0.15, 0.2) is 86.2 Å². The number of rotatable bonds is 8. The van der Waals surface area contributed by atoms with Crippen LogP contribution in [0.1, 0.15) is 89.2 Å². The summed E-state index contributed by atoms with van der Waals surface area (Å²) in [5.74, 6) is -0.836. The van der Waals surface area contributed by atoms with Crippen molar-refractivity contribution in [3.8, 4) is 17.2 Å². The maximum atomic E-state index is 14.0. The number of aromatic carboxylic acids is 1. The summed E-state index contributed by atoms with van der Waals surface area (Å²) in [5, 5.41) is 29.9. The van der Waals surface area contributed by atoms with Gasteiger partial charge in [0.1, 0.15) is 46.7 Å². The predicted octanol–water partition coefficient (Wildman–Crippen LogP) is -4.53. The van der Waals surface area contributed by atoms with Crippen LogP contribution in [0.4, 0.5) is 8.78 Å². The summed E-state index contributed by atoms with van der Waals surface area (Å²) in [6.45, 7) is 13.5. The van der Waals surface area contributed by atoms with E-state index in [9.17, 15) is 28.9 Å². The number of aryl methyl sites for hydroxylation is 3. The minimum absolute atomic E-state index is 0. The van der Waals surface area contributed by atoms with E-state index in [4.69, 9.17) is 37.4 Å². The number of aliphatic hydroxyl groups excluding tert-OH is 2. The molecule has 2 unspecified atom stereocenters. The Morgan fingerprint density at radius 2 is 0.881 bits per heavy atom. The molecule has 0 aliphatic heterocycles. The van der Waals surface area contributed by atoms with Crippen molar-refractivity contribution in [1.29, 1.82) is 0 Å². The first-order valence-electron chi connectivity index (χ1n) is 17.8. The molecule has 0 spiro atoms. The van der Waals surface area contributed by atoms with E-state index in [1.807, 2.05) is 66.5 Å². The molecule has 0 radical (unpaired) electrons. The fourth-order valence-electron chi connectivity index (χ4n) is 5.04.